The minimum Gasteiger partial charge on any atom is -0.367 e. The van der Waals surface area contributed by atoms with Crippen LogP contribution in [0.2, 0.25) is 0 Å². The molecule has 0 saturated carbocycles. The van der Waals surface area contributed by atoms with Gasteiger partial charge in [-0.05, 0) is 93.6 Å². The molecule has 244 valence electrons. The third-order valence-electron chi connectivity index (χ3n) is 9.32. The van der Waals surface area contributed by atoms with Crippen molar-refractivity contribution in [3.63, 3.8) is 0 Å². The Kier molecular flexibility index (Phi) is 10.0. The summed E-state index contributed by atoms with van der Waals surface area (Å²) in [5, 5.41) is 9.96. The number of morpholine rings is 1. The summed E-state index contributed by atoms with van der Waals surface area (Å²) in [4.78, 5) is 16.5. The number of hydrogen-bond acceptors (Lipinski definition) is 5. The van der Waals surface area contributed by atoms with Crippen LogP contribution >= 0.6 is 0 Å². The first-order valence-corrected chi connectivity index (χ1v) is 14.4. The van der Waals surface area contributed by atoms with E-state index in [0.717, 1.165) is 36.3 Å². The van der Waals surface area contributed by atoms with Gasteiger partial charge in [-0.2, -0.15) is 26.3 Å². The van der Waals surface area contributed by atoms with E-state index in [9.17, 15) is 40.6 Å². The number of β-amino-alcohol motifs (C(OH)–C–C–N with tert-alkyl or cyclic N) is 1. The predicted octanol–water partition coefficient (Wildman–Crippen LogP) is 6.33. The molecule has 1 spiro atoms. The smallest absolute Gasteiger partial charge is 0.367 e. The lowest BCUT2D eigenvalue weighted by Gasteiger charge is -2.51. The standard InChI is InChI=1S/C19H27FN2O2.C12H11F6NO/c1-13-9-14(20)3-4-16(13)17-10-19(7-8-21(17)2)6-5-15-12-24-18(23)11-22(15)19;1-7(19(2)6-20)8-3-9(11(13,14)15)5-10(4-8)12(16,17)18/h3-4,9,15,17-18,23H,5-8,10-12H2,1-2H3;3-7H,1-2H3. The lowest BCUT2D eigenvalue weighted by atomic mass is 9.78. The molecule has 3 aliphatic rings. The topological polar surface area (TPSA) is 56.3 Å². The molecule has 3 heterocycles. The Morgan fingerprint density at radius 2 is 1.70 bits per heavy atom. The number of carbonyl (C=O) groups is 1. The minimum atomic E-state index is -4.89. The summed E-state index contributed by atoms with van der Waals surface area (Å²) in [5.41, 5.74) is -0.618. The second-order valence-electron chi connectivity index (χ2n) is 12.1. The van der Waals surface area contributed by atoms with E-state index in [2.05, 4.69) is 16.8 Å². The Labute approximate surface area is 252 Å². The fraction of sp³-hybridized carbons (Fsp3) is 0.581. The Morgan fingerprint density at radius 1 is 1.07 bits per heavy atom. The van der Waals surface area contributed by atoms with Crippen molar-refractivity contribution in [1.29, 1.82) is 0 Å². The van der Waals surface area contributed by atoms with Crippen molar-refractivity contribution >= 4 is 6.41 Å². The highest BCUT2D eigenvalue weighted by Gasteiger charge is 2.52. The highest BCUT2D eigenvalue weighted by atomic mass is 19.4. The van der Waals surface area contributed by atoms with Gasteiger partial charge < -0.3 is 14.7 Å². The van der Waals surface area contributed by atoms with E-state index < -0.39 is 35.8 Å². The van der Waals surface area contributed by atoms with Gasteiger partial charge in [-0.3, -0.25) is 14.6 Å². The molecule has 0 aromatic heterocycles. The summed E-state index contributed by atoms with van der Waals surface area (Å²) in [5.74, 6) is -0.165. The summed E-state index contributed by atoms with van der Waals surface area (Å²) in [6.45, 7) is 5.62. The number of halogens is 7. The average Bonchev–Trinajstić information content (AvgIpc) is 3.29. The van der Waals surface area contributed by atoms with Crippen LogP contribution in [0.4, 0.5) is 30.7 Å². The molecule has 5 rings (SSSR count). The highest BCUT2D eigenvalue weighted by molar-refractivity contribution is 5.48. The van der Waals surface area contributed by atoms with Crippen LogP contribution in [-0.2, 0) is 21.9 Å². The maximum Gasteiger partial charge on any atom is 0.416 e. The minimum absolute atomic E-state index is 0.0527. The van der Waals surface area contributed by atoms with Crippen LogP contribution in [0.25, 0.3) is 0 Å². The fourth-order valence-electron chi connectivity index (χ4n) is 6.63. The second-order valence-corrected chi connectivity index (χ2v) is 12.1. The molecular formula is C31H38F7N3O3. The molecule has 2 aromatic carbocycles. The van der Waals surface area contributed by atoms with Gasteiger partial charge in [0.2, 0.25) is 6.41 Å². The number of ether oxygens (including phenoxy) is 1. The van der Waals surface area contributed by atoms with Gasteiger partial charge >= 0.3 is 12.4 Å². The molecular weight excluding hydrogens is 595 g/mol. The summed E-state index contributed by atoms with van der Waals surface area (Å²) in [6.07, 6.45) is -5.64. The van der Waals surface area contributed by atoms with E-state index in [4.69, 9.17) is 4.74 Å². The molecule has 13 heteroatoms. The number of piperidine rings is 1. The number of hydrogen-bond donors (Lipinski definition) is 1. The molecule has 3 saturated heterocycles. The predicted molar refractivity (Wildman–Crippen MR) is 149 cm³/mol. The van der Waals surface area contributed by atoms with Gasteiger partial charge in [0.05, 0.1) is 30.3 Å². The van der Waals surface area contributed by atoms with Gasteiger partial charge in [0, 0.05) is 31.2 Å². The molecule has 6 nitrogen and oxygen atoms in total. The number of aliphatic hydroxyl groups excluding tert-OH is 1. The van der Waals surface area contributed by atoms with Crippen molar-refractivity contribution in [2.24, 2.45) is 0 Å². The van der Waals surface area contributed by atoms with Gasteiger partial charge in [-0.25, -0.2) is 4.39 Å². The third kappa shape index (κ3) is 7.38. The van der Waals surface area contributed by atoms with Crippen LogP contribution in [0.3, 0.4) is 0 Å². The Bertz CT molecular complexity index is 1290. The van der Waals surface area contributed by atoms with Crippen molar-refractivity contribution in [3.8, 4) is 0 Å². The van der Waals surface area contributed by atoms with Crippen molar-refractivity contribution in [2.45, 2.75) is 81.8 Å². The van der Waals surface area contributed by atoms with E-state index in [1.165, 1.54) is 26.0 Å². The summed E-state index contributed by atoms with van der Waals surface area (Å²) in [7, 11) is 3.44. The van der Waals surface area contributed by atoms with Gasteiger partial charge in [0.15, 0.2) is 6.29 Å². The van der Waals surface area contributed by atoms with E-state index in [-0.39, 0.29) is 23.0 Å². The van der Waals surface area contributed by atoms with Gasteiger partial charge in [-0.1, -0.05) is 6.07 Å². The molecule has 5 unspecified atom stereocenters. The lowest BCUT2D eigenvalue weighted by molar-refractivity contribution is -0.179. The van der Waals surface area contributed by atoms with Crippen LogP contribution < -0.4 is 0 Å². The van der Waals surface area contributed by atoms with E-state index >= 15 is 0 Å². The second kappa shape index (κ2) is 12.9. The zero-order chi connectivity index (χ0) is 32.6. The quantitative estimate of drug-likeness (QED) is 0.315. The zero-order valence-electron chi connectivity index (χ0n) is 25.1. The fourth-order valence-corrected chi connectivity index (χ4v) is 6.63. The van der Waals surface area contributed by atoms with Gasteiger partial charge in [0.1, 0.15) is 5.82 Å². The molecule has 5 atom stereocenters. The molecule has 0 aliphatic carbocycles. The molecule has 2 aromatic rings. The number of likely N-dealkylation sites (tertiary alicyclic amines) is 1. The summed E-state index contributed by atoms with van der Waals surface area (Å²) in [6, 6.07) is 6.27. The molecule has 0 bridgehead atoms. The number of aryl methyl sites for hydroxylation is 1. The van der Waals surface area contributed by atoms with Crippen LogP contribution in [0.5, 0.6) is 0 Å². The van der Waals surface area contributed by atoms with Crippen LogP contribution in [0.1, 0.15) is 72.5 Å². The summed E-state index contributed by atoms with van der Waals surface area (Å²) >= 11 is 0. The van der Waals surface area contributed by atoms with Crippen LogP contribution in [0, 0.1) is 12.7 Å². The van der Waals surface area contributed by atoms with E-state index in [0.29, 0.717) is 43.8 Å². The maximum absolute atomic E-state index is 13.5. The number of nitrogens with zero attached hydrogens (tertiary/aromatic N) is 3. The first kappa shape index (κ1) is 34.1. The Morgan fingerprint density at radius 3 is 2.27 bits per heavy atom. The number of carbonyl (C=O) groups excluding carboxylic acids is 1. The molecule has 1 amide bonds. The summed E-state index contributed by atoms with van der Waals surface area (Å²) < 4.78 is 94.8. The van der Waals surface area contributed by atoms with E-state index in [1.807, 2.05) is 13.0 Å². The van der Waals surface area contributed by atoms with Crippen molar-refractivity contribution in [2.75, 3.05) is 33.8 Å². The maximum atomic E-state index is 13.5. The SMILES string of the molecule is CC(c1cc(C(F)(F)F)cc(C(F)(F)F)c1)N(C)C=O.Cc1cc(F)ccc1C1CC2(CCC3COC(O)CN32)CCN1C. The highest BCUT2D eigenvalue weighted by Crippen LogP contribution is 2.48. The lowest BCUT2D eigenvalue weighted by Crippen LogP contribution is -2.59. The number of rotatable bonds is 4. The number of alkyl halides is 6. The Hall–Kier alpha value is -2.74. The van der Waals surface area contributed by atoms with Gasteiger partial charge in [0.25, 0.3) is 0 Å². The number of amides is 1. The third-order valence-corrected chi connectivity index (χ3v) is 9.32. The van der Waals surface area contributed by atoms with Crippen LogP contribution in [0.15, 0.2) is 36.4 Å². The zero-order valence-corrected chi connectivity index (χ0v) is 25.1. The molecule has 3 aliphatic heterocycles. The first-order chi connectivity index (χ1) is 20.4. The first-order valence-electron chi connectivity index (χ1n) is 14.4. The van der Waals surface area contributed by atoms with Gasteiger partial charge in [-0.15, -0.1) is 0 Å². The normalized spacial score (nSPS) is 27.0. The molecule has 1 N–H and O–H groups in total. The number of aliphatic hydroxyl groups is 1. The number of benzene rings is 2. The monoisotopic (exact) mass is 633 g/mol. The molecule has 44 heavy (non-hydrogen) atoms. The Balaban J connectivity index is 0.000000205. The van der Waals surface area contributed by atoms with Crippen molar-refractivity contribution < 1.29 is 45.4 Å². The van der Waals surface area contributed by atoms with Crippen molar-refractivity contribution in [1.82, 2.24) is 14.7 Å². The largest absolute Gasteiger partial charge is 0.416 e. The van der Waals surface area contributed by atoms with Crippen molar-refractivity contribution in [3.05, 3.63) is 70.0 Å². The number of fused-ring (bicyclic) bond motifs is 2. The van der Waals surface area contributed by atoms with Crippen LogP contribution in [-0.4, -0.2) is 77.9 Å². The van der Waals surface area contributed by atoms with E-state index in [1.54, 1.807) is 12.1 Å². The molecule has 0 radical (unpaired) electrons. The molecule has 3 fully saturated rings. The average molecular weight is 634 g/mol.